The number of amides is 2. The maximum absolute atomic E-state index is 12.4. The first-order chi connectivity index (χ1) is 11.5. The lowest BCUT2D eigenvalue weighted by Crippen LogP contribution is -2.47. The fourth-order valence-electron chi connectivity index (χ4n) is 3.03. The van der Waals surface area contributed by atoms with Gasteiger partial charge in [-0.1, -0.05) is 12.1 Å². The number of benzene rings is 1. The van der Waals surface area contributed by atoms with Crippen molar-refractivity contribution in [2.45, 2.75) is 37.1 Å². The van der Waals surface area contributed by atoms with E-state index in [0.29, 0.717) is 6.04 Å². The number of nitrogens with one attached hydrogen (secondary N) is 1. The van der Waals surface area contributed by atoms with Crippen molar-refractivity contribution < 1.29 is 9.59 Å². The molecule has 1 aromatic carbocycles. The minimum atomic E-state index is -0.0986. The second-order valence-electron chi connectivity index (χ2n) is 6.35. The second-order valence-corrected chi connectivity index (χ2v) is 7.20. The molecule has 1 heterocycles. The Labute approximate surface area is 148 Å². The van der Waals surface area contributed by atoms with E-state index in [1.165, 1.54) is 6.42 Å². The third kappa shape index (κ3) is 5.24. The number of nitrogens with zero attached hydrogens (tertiary/aromatic N) is 2. The lowest BCUT2D eigenvalue weighted by atomic mass is 10.0. The van der Waals surface area contributed by atoms with Gasteiger partial charge in [0.25, 0.3) is 0 Å². The number of anilines is 1. The zero-order valence-corrected chi connectivity index (χ0v) is 15.6. The van der Waals surface area contributed by atoms with E-state index in [1.807, 2.05) is 42.5 Å². The number of rotatable bonds is 6. The standard InChI is InChI=1S/C18H27N3O2S/c1-14-8-6-7-11-21(14)18(23)13-20(2)12-17(22)19-15-9-4-5-10-16(15)24-3/h4-5,9-10,14H,6-8,11-13H2,1-3H3,(H,19,22). The minimum Gasteiger partial charge on any atom is -0.339 e. The molecule has 1 saturated heterocycles. The smallest absolute Gasteiger partial charge is 0.238 e. The summed E-state index contributed by atoms with van der Waals surface area (Å²) < 4.78 is 0. The van der Waals surface area contributed by atoms with Crippen LogP contribution in [0.4, 0.5) is 5.69 Å². The molecule has 1 N–H and O–H groups in total. The van der Waals surface area contributed by atoms with Gasteiger partial charge in [0.1, 0.15) is 0 Å². The lowest BCUT2D eigenvalue weighted by Gasteiger charge is -2.34. The molecule has 1 atom stereocenters. The van der Waals surface area contributed by atoms with Crippen molar-refractivity contribution in [1.82, 2.24) is 9.80 Å². The molecule has 0 aliphatic carbocycles. The molecule has 2 amide bonds. The van der Waals surface area contributed by atoms with E-state index in [0.717, 1.165) is 30.0 Å². The molecule has 1 unspecified atom stereocenters. The topological polar surface area (TPSA) is 52.7 Å². The van der Waals surface area contributed by atoms with Crippen LogP contribution in [0, 0.1) is 0 Å². The summed E-state index contributed by atoms with van der Waals surface area (Å²) in [4.78, 5) is 29.4. The van der Waals surface area contributed by atoms with Crippen molar-refractivity contribution in [3.8, 4) is 0 Å². The summed E-state index contributed by atoms with van der Waals surface area (Å²) in [7, 11) is 1.81. The summed E-state index contributed by atoms with van der Waals surface area (Å²) in [6.45, 7) is 3.42. The van der Waals surface area contributed by atoms with Crippen molar-refractivity contribution in [2.24, 2.45) is 0 Å². The Kier molecular flexibility index (Phi) is 7.12. The Morgan fingerprint density at radius 2 is 2.04 bits per heavy atom. The molecule has 5 nitrogen and oxygen atoms in total. The predicted molar refractivity (Wildman–Crippen MR) is 99.4 cm³/mol. The van der Waals surface area contributed by atoms with E-state index in [-0.39, 0.29) is 24.9 Å². The van der Waals surface area contributed by atoms with Gasteiger partial charge in [-0.2, -0.15) is 0 Å². The van der Waals surface area contributed by atoms with Crippen LogP contribution in [0.1, 0.15) is 26.2 Å². The average molecular weight is 350 g/mol. The number of thioether (sulfide) groups is 1. The van der Waals surface area contributed by atoms with Gasteiger partial charge in [0.15, 0.2) is 0 Å². The Hall–Kier alpha value is -1.53. The monoisotopic (exact) mass is 349 g/mol. The van der Waals surface area contributed by atoms with Gasteiger partial charge in [-0.05, 0) is 51.6 Å². The molecule has 0 bridgehead atoms. The number of carbonyl (C=O) groups is 2. The zero-order valence-electron chi connectivity index (χ0n) is 14.7. The molecule has 1 aliphatic rings. The summed E-state index contributed by atoms with van der Waals surface area (Å²) in [6.07, 6.45) is 5.32. The molecular weight excluding hydrogens is 322 g/mol. The highest BCUT2D eigenvalue weighted by molar-refractivity contribution is 7.98. The molecule has 1 fully saturated rings. The summed E-state index contributed by atoms with van der Waals surface area (Å²) in [6, 6.07) is 8.03. The number of likely N-dealkylation sites (N-methyl/N-ethyl adjacent to an activating group) is 1. The third-order valence-electron chi connectivity index (χ3n) is 4.32. The van der Waals surface area contributed by atoms with Crippen LogP contribution in [0.5, 0.6) is 0 Å². The maximum atomic E-state index is 12.4. The van der Waals surface area contributed by atoms with E-state index in [9.17, 15) is 9.59 Å². The molecule has 132 valence electrons. The number of para-hydroxylation sites is 1. The summed E-state index contributed by atoms with van der Waals surface area (Å²) in [5, 5.41) is 2.93. The highest BCUT2D eigenvalue weighted by Crippen LogP contribution is 2.24. The maximum Gasteiger partial charge on any atom is 0.238 e. The highest BCUT2D eigenvalue weighted by atomic mass is 32.2. The summed E-state index contributed by atoms with van der Waals surface area (Å²) >= 11 is 1.60. The lowest BCUT2D eigenvalue weighted by molar-refractivity contribution is -0.135. The van der Waals surface area contributed by atoms with E-state index in [2.05, 4.69) is 12.2 Å². The fraction of sp³-hybridized carbons (Fsp3) is 0.556. The van der Waals surface area contributed by atoms with Crippen LogP contribution >= 0.6 is 11.8 Å². The fourth-order valence-corrected chi connectivity index (χ4v) is 3.58. The molecule has 1 aromatic rings. The van der Waals surface area contributed by atoms with Crippen molar-refractivity contribution in [1.29, 1.82) is 0 Å². The predicted octanol–water partition coefficient (Wildman–Crippen LogP) is 2.68. The first-order valence-electron chi connectivity index (χ1n) is 8.42. The van der Waals surface area contributed by atoms with Gasteiger partial charge in [0.2, 0.25) is 11.8 Å². The van der Waals surface area contributed by atoms with E-state index in [4.69, 9.17) is 0 Å². The van der Waals surface area contributed by atoms with Gasteiger partial charge < -0.3 is 10.2 Å². The SMILES string of the molecule is CSc1ccccc1NC(=O)CN(C)CC(=O)N1CCCCC1C. The number of hydrogen-bond donors (Lipinski definition) is 1. The Morgan fingerprint density at radius 3 is 2.75 bits per heavy atom. The number of carbonyl (C=O) groups excluding carboxylic acids is 2. The quantitative estimate of drug-likeness (QED) is 0.802. The first-order valence-corrected chi connectivity index (χ1v) is 9.64. The minimum absolute atomic E-state index is 0.0986. The van der Waals surface area contributed by atoms with Gasteiger partial charge in [-0.3, -0.25) is 14.5 Å². The van der Waals surface area contributed by atoms with Gasteiger partial charge in [0.05, 0.1) is 18.8 Å². The van der Waals surface area contributed by atoms with Crippen molar-refractivity contribution in [3.05, 3.63) is 24.3 Å². The van der Waals surface area contributed by atoms with E-state index < -0.39 is 0 Å². The molecule has 2 rings (SSSR count). The van der Waals surface area contributed by atoms with Crippen molar-refractivity contribution in [3.63, 3.8) is 0 Å². The van der Waals surface area contributed by atoms with Gasteiger partial charge >= 0.3 is 0 Å². The van der Waals surface area contributed by atoms with Crippen molar-refractivity contribution >= 4 is 29.3 Å². The Bertz CT molecular complexity index is 579. The molecule has 0 spiro atoms. The van der Waals surface area contributed by atoms with Crippen LogP contribution in [0.15, 0.2) is 29.2 Å². The van der Waals surface area contributed by atoms with Crippen LogP contribution in [-0.4, -0.2) is 60.6 Å². The first kappa shape index (κ1) is 18.8. The van der Waals surface area contributed by atoms with Gasteiger partial charge in [-0.15, -0.1) is 11.8 Å². The number of likely N-dealkylation sites (tertiary alicyclic amines) is 1. The van der Waals surface area contributed by atoms with Crippen LogP contribution in [0.3, 0.4) is 0 Å². The normalized spacial score (nSPS) is 17.8. The van der Waals surface area contributed by atoms with Gasteiger partial charge in [0, 0.05) is 17.5 Å². The molecule has 0 saturated carbocycles. The molecule has 6 heteroatoms. The zero-order chi connectivity index (χ0) is 17.5. The molecular formula is C18H27N3O2S. The molecule has 0 radical (unpaired) electrons. The van der Waals surface area contributed by atoms with Crippen LogP contribution in [-0.2, 0) is 9.59 Å². The number of hydrogen-bond acceptors (Lipinski definition) is 4. The molecule has 0 aromatic heterocycles. The van der Waals surface area contributed by atoms with Gasteiger partial charge in [-0.25, -0.2) is 0 Å². The molecule has 1 aliphatic heterocycles. The highest BCUT2D eigenvalue weighted by Gasteiger charge is 2.24. The largest absolute Gasteiger partial charge is 0.339 e. The van der Waals surface area contributed by atoms with E-state index in [1.54, 1.807) is 16.7 Å². The third-order valence-corrected chi connectivity index (χ3v) is 5.12. The molecule has 24 heavy (non-hydrogen) atoms. The summed E-state index contributed by atoms with van der Waals surface area (Å²) in [5.41, 5.74) is 0.819. The summed E-state index contributed by atoms with van der Waals surface area (Å²) in [5.74, 6) is 0.0144. The van der Waals surface area contributed by atoms with Crippen LogP contribution in [0.2, 0.25) is 0 Å². The second kappa shape index (κ2) is 9.08. The van der Waals surface area contributed by atoms with Crippen LogP contribution < -0.4 is 5.32 Å². The van der Waals surface area contributed by atoms with Crippen molar-refractivity contribution in [2.75, 3.05) is 38.3 Å². The number of piperidine rings is 1. The van der Waals surface area contributed by atoms with Crippen LogP contribution in [0.25, 0.3) is 0 Å². The Morgan fingerprint density at radius 1 is 1.29 bits per heavy atom. The Balaban J connectivity index is 1.84. The average Bonchev–Trinajstić information content (AvgIpc) is 2.55. The van der Waals surface area contributed by atoms with E-state index >= 15 is 0 Å².